The second-order valence-corrected chi connectivity index (χ2v) is 3.18. The first kappa shape index (κ1) is 16.0. The molecule has 0 aliphatic heterocycles. The predicted molar refractivity (Wildman–Crippen MR) is 68.2 cm³/mol. The highest BCUT2D eigenvalue weighted by Crippen LogP contribution is 2.28. The molecule has 0 amide bonds. The maximum atomic E-state index is 10.8. The zero-order chi connectivity index (χ0) is 12.8. The zero-order valence-electron chi connectivity index (χ0n) is 9.88. The van der Waals surface area contributed by atoms with Crippen LogP contribution >= 0.6 is 12.4 Å². The molecule has 0 aliphatic rings. The summed E-state index contributed by atoms with van der Waals surface area (Å²) in [6.45, 7) is 1.29. The first-order valence-corrected chi connectivity index (χ1v) is 4.80. The number of halogens is 1. The third-order valence-corrected chi connectivity index (χ3v) is 1.86. The second kappa shape index (κ2) is 7.34. The summed E-state index contributed by atoms with van der Waals surface area (Å²) in [5.41, 5.74) is 0.639. The van der Waals surface area contributed by atoms with Gasteiger partial charge in [-0.15, -0.1) is 12.4 Å². The van der Waals surface area contributed by atoms with Crippen molar-refractivity contribution in [1.82, 2.24) is 0 Å². The third kappa shape index (κ3) is 4.88. The van der Waals surface area contributed by atoms with Gasteiger partial charge in [-0.05, 0) is 23.8 Å². The Morgan fingerprint density at radius 3 is 2.44 bits per heavy atom. The predicted octanol–water partition coefficient (Wildman–Crippen LogP) is 2.14. The van der Waals surface area contributed by atoms with Gasteiger partial charge in [0.25, 0.3) is 0 Å². The van der Waals surface area contributed by atoms with E-state index in [2.05, 4.69) is 0 Å². The van der Waals surface area contributed by atoms with Crippen LogP contribution in [0.2, 0.25) is 0 Å². The Kier molecular flexibility index (Phi) is 6.52. The van der Waals surface area contributed by atoms with Crippen LogP contribution in [0.1, 0.15) is 12.5 Å². The number of esters is 1. The Labute approximate surface area is 110 Å². The highest BCUT2D eigenvalue weighted by Gasteiger charge is 2.06. The molecule has 98 valence electrons. The van der Waals surface area contributed by atoms with E-state index < -0.39 is 11.9 Å². The number of hydrogen-bond acceptors (Lipinski definition) is 4. The quantitative estimate of drug-likeness (QED) is 0.516. The summed E-state index contributed by atoms with van der Waals surface area (Å²) >= 11 is 0. The molecule has 0 heterocycles. The number of rotatable bonds is 4. The zero-order valence-corrected chi connectivity index (χ0v) is 10.7. The highest BCUT2D eigenvalue weighted by molar-refractivity contribution is 5.85. The number of ether oxygens (including phenoxy) is 2. The summed E-state index contributed by atoms with van der Waals surface area (Å²) in [7, 11) is 1.44. The molecule has 0 saturated carbocycles. The van der Waals surface area contributed by atoms with Crippen LogP contribution in [0.5, 0.6) is 11.5 Å². The number of carboxylic acid groups (broad SMARTS) is 1. The summed E-state index contributed by atoms with van der Waals surface area (Å²) in [5, 5.41) is 8.49. The molecule has 18 heavy (non-hydrogen) atoms. The lowest BCUT2D eigenvalue weighted by Gasteiger charge is -2.08. The van der Waals surface area contributed by atoms with E-state index >= 15 is 0 Å². The van der Waals surface area contributed by atoms with Gasteiger partial charge in [0.15, 0.2) is 11.5 Å². The average Bonchev–Trinajstić information content (AvgIpc) is 2.26. The fraction of sp³-hybridized carbons (Fsp3) is 0.167. The highest BCUT2D eigenvalue weighted by atomic mass is 35.5. The molecule has 1 N–H and O–H groups in total. The van der Waals surface area contributed by atoms with Crippen LogP contribution in [0.4, 0.5) is 0 Å². The van der Waals surface area contributed by atoms with E-state index in [1.54, 1.807) is 18.2 Å². The summed E-state index contributed by atoms with van der Waals surface area (Å²) in [4.78, 5) is 21.2. The molecule has 6 heteroatoms. The first-order chi connectivity index (χ1) is 8.02. The number of carbonyl (C=O) groups is 2. The normalized spacial score (nSPS) is 9.67. The molecule has 0 saturated heterocycles. The van der Waals surface area contributed by atoms with Crippen molar-refractivity contribution in [2.45, 2.75) is 6.92 Å². The van der Waals surface area contributed by atoms with E-state index in [1.165, 1.54) is 20.1 Å². The van der Waals surface area contributed by atoms with Gasteiger partial charge in [-0.2, -0.15) is 0 Å². The fourth-order valence-corrected chi connectivity index (χ4v) is 1.19. The van der Waals surface area contributed by atoms with Crippen LogP contribution in [-0.2, 0) is 9.59 Å². The minimum atomic E-state index is -1.03. The molecule has 0 aliphatic carbocycles. The smallest absolute Gasteiger partial charge is 0.328 e. The fourth-order valence-electron chi connectivity index (χ4n) is 1.19. The monoisotopic (exact) mass is 272 g/mol. The van der Waals surface area contributed by atoms with Gasteiger partial charge in [0, 0.05) is 13.0 Å². The van der Waals surface area contributed by atoms with E-state index in [-0.39, 0.29) is 12.4 Å². The molecular formula is C12H13ClO5. The van der Waals surface area contributed by atoms with E-state index in [0.717, 1.165) is 6.08 Å². The Morgan fingerprint density at radius 1 is 1.28 bits per heavy atom. The number of aliphatic carboxylic acids is 1. The lowest BCUT2D eigenvalue weighted by Crippen LogP contribution is -2.03. The van der Waals surface area contributed by atoms with E-state index in [4.69, 9.17) is 14.6 Å². The largest absolute Gasteiger partial charge is 0.493 e. The van der Waals surface area contributed by atoms with Crippen molar-refractivity contribution < 1.29 is 24.2 Å². The first-order valence-electron chi connectivity index (χ1n) is 4.80. The van der Waals surface area contributed by atoms with Crippen molar-refractivity contribution in [3.05, 3.63) is 29.8 Å². The van der Waals surface area contributed by atoms with Crippen molar-refractivity contribution in [1.29, 1.82) is 0 Å². The van der Waals surface area contributed by atoms with E-state index in [9.17, 15) is 9.59 Å². The number of carboxylic acids is 1. The minimum Gasteiger partial charge on any atom is -0.493 e. The van der Waals surface area contributed by atoms with Crippen LogP contribution in [-0.4, -0.2) is 24.2 Å². The van der Waals surface area contributed by atoms with Crippen LogP contribution in [0, 0.1) is 0 Å². The van der Waals surface area contributed by atoms with Gasteiger partial charge in [-0.25, -0.2) is 4.79 Å². The molecular weight excluding hydrogens is 260 g/mol. The summed E-state index contributed by atoms with van der Waals surface area (Å²) < 4.78 is 9.95. The minimum absolute atomic E-state index is 0. The molecule has 0 fully saturated rings. The van der Waals surface area contributed by atoms with Gasteiger partial charge in [0.05, 0.1) is 7.11 Å². The Bertz CT molecular complexity index is 468. The summed E-state index contributed by atoms with van der Waals surface area (Å²) in [5.74, 6) is -0.814. The molecule has 0 unspecified atom stereocenters. The lowest BCUT2D eigenvalue weighted by atomic mass is 10.2. The van der Waals surface area contributed by atoms with Crippen molar-refractivity contribution in [2.75, 3.05) is 7.11 Å². The molecule has 0 aromatic heterocycles. The van der Waals surface area contributed by atoms with Gasteiger partial charge < -0.3 is 14.6 Å². The molecule has 0 atom stereocenters. The van der Waals surface area contributed by atoms with Crippen LogP contribution in [0.3, 0.4) is 0 Å². The Hall–Kier alpha value is -2.01. The molecule has 1 aromatic rings. The maximum absolute atomic E-state index is 10.8. The van der Waals surface area contributed by atoms with Crippen LogP contribution in [0.25, 0.3) is 6.08 Å². The summed E-state index contributed by atoms with van der Waals surface area (Å²) in [6, 6.07) is 4.75. The van der Waals surface area contributed by atoms with E-state index in [1.807, 2.05) is 0 Å². The van der Waals surface area contributed by atoms with Gasteiger partial charge in [0.1, 0.15) is 0 Å². The van der Waals surface area contributed by atoms with Gasteiger partial charge in [-0.1, -0.05) is 6.07 Å². The van der Waals surface area contributed by atoms with Crippen LogP contribution in [0.15, 0.2) is 24.3 Å². The van der Waals surface area contributed by atoms with E-state index in [0.29, 0.717) is 17.1 Å². The molecule has 5 nitrogen and oxygen atoms in total. The molecule has 0 bridgehead atoms. The molecule has 1 rings (SSSR count). The maximum Gasteiger partial charge on any atom is 0.328 e. The van der Waals surface area contributed by atoms with Gasteiger partial charge >= 0.3 is 11.9 Å². The second-order valence-electron chi connectivity index (χ2n) is 3.18. The number of hydrogen-bond donors (Lipinski definition) is 1. The van der Waals surface area contributed by atoms with Crippen molar-refractivity contribution in [3.8, 4) is 11.5 Å². The van der Waals surface area contributed by atoms with Crippen LogP contribution < -0.4 is 9.47 Å². The third-order valence-electron chi connectivity index (χ3n) is 1.86. The van der Waals surface area contributed by atoms with Crippen molar-refractivity contribution >= 4 is 30.4 Å². The Balaban J connectivity index is 0.00000289. The van der Waals surface area contributed by atoms with Crippen molar-refractivity contribution in [3.63, 3.8) is 0 Å². The topological polar surface area (TPSA) is 72.8 Å². The Morgan fingerprint density at radius 2 is 1.94 bits per heavy atom. The number of carbonyl (C=O) groups excluding carboxylic acids is 1. The summed E-state index contributed by atoms with van der Waals surface area (Å²) in [6.07, 6.45) is 2.43. The number of methoxy groups -OCH3 is 1. The average molecular weight is 273 g/mol. The number of benzene rings is 1. The standard InChI is InChI=1S/C12H12O5.ClH/c1-8(13)17-10-5-3-9(4-6-12(14)15)7-11(10)16-2;/h3-7H,1-2H3,(H,14,15);1H. The molecule has 0 radical (unpaired) electrons. The molecule has 0 spiro atoms. The van der Waals surface area contributed by atoms with Gasteiger partial charge in [-0.3, -0.25) is 4.79 Å². The SMILES string of the molecule is COc1cc(C=CC(=O)O)ccc1OC(C)=O.Cl. The lowest BCUT2D eigenvalue weighted by molar-refractivity contribution is -0.132. The van der Waals surface area contributed by atoms with Crippen molar-refractivity contribution in [2.24, 2.45) is 0 Å². The van der Waals surface area contributed by atoms with Gasteiger partial charge in [0.2, 0.25) is 0 Å². The molecule has 1 aromatic carbocycles.